The van der Waals surface area contributed by atoms with Crippen molar-refractivity contribution in [3.05, 3.63) is 39.9 Å². The minimum Gasteiger partial charge on any atom is -0.262 e. The number of rotatable bonds is 5. The maximum atomic E-state index is 12.0. The highest BCUT2D eigenvalue weighted by molar-refractivity contribution is 9.10. The van der Waals surface area contributed by atoms with Crippen LogP contribution < -0.4 is 4.72 Å². The smallest absolute Gasteiger partial charge is 0.262 e. The van der Waals surface area contributed by atoms with Crippen LogP contribution in [0.1, 0.15) is 4.88 Å². The third-order valence-electron chi connectivity index (χ3n) is 2.30. The molecule has 0 aliphatic heterocycles. The molecule has 0 amide bonds. The van der Waals surface area contributed by atoms with Crippen LogP contribution in [0, 0.1) is 0 Å². The zero-order valence-corrected chi connectivity index (χ0v) is 14.9. The van der Waals surface area contributed by atoms with E-state index in [9.17, 15) is 16.8 Å². The van der Waals surface area contributed by atoms with E-state index in [4.69, 9.17) is 10.7 Å². The number of nitrogens with one attached hydrogen (secondary N) is 1. The fourth-order valence-electron chi connectivity index (χ4n) is 1.37. The second-order valence-corrected chi connectivity index (χ2v) is 10.5. The predicted molar refractivity (Wildman–Crippen MR) is 83.3 cm³/mol. The van der Waals surface area contributed by atoms with Gasteiger partial charge in [0.25, 0.3) is 9.05 Å². The normalized spacial score (nSPS) is 12.5. The minimum atomic E-state index is -3.80. The van der Waals surface area contributed by atoms with Crippen LogP contribution in [0.15, 0.2) is 44.2 Å². The second-order valence-electron chi connectivity index (χ2n) is 3.82. The summed E-state index contributed by atoms with van der Waals surface area (Å²) in [5.74, 6) is 0. The molecule has 0 aromatic carbocycles. The van der Waals surface area contributed by atoms with E-state index < -0.39 is 19.1 Å². The summed E-state index contributed by atoms with van der Waals surface area (Å²) in [4.78, 5) is 4.32. The molecule has 0 saturated heterocycles. The highest BCUT2D eigenvalue weighted by atomic mass is 79.9. The Morgan fingerprint density at radius 1 is 1.24 bits per heavy atom. The number of pyridine rings is 1. The van der Waals surface area contributed by atoms with Crippen molar-refractivity contribution in [2.75, 3.05) is 0 Å². The van der Waals surface area contributed by atoms with Crippen LogP contribution in [-0.2, 0) is 25.6 Å². The molecule has 2 heterocycles. The summed E-state index contributed by atoms with van der Waals surface area (Å²) in [6.07, 6.45) is 2.69. The van der Waals surface area contributed by atoms with Crippen LogP contribution in [0.4, 0.5) is 0 Å². The first-order valence-electron chi connectivity index (χ1n) is 5.32. The quantitative estimate of drug-likeness (QED) is 0.733. The van der Waals surface area contributed by atoms with Crippen LogP contribution in [0.2, 0.25) is 0 Å². The molecule has 0 aliphatic carbocycles. The lowest BCUT2D eigenvalue weighted by molar-refractivity contribution is 0.581. The maximum absolute atomic E-state index is 12.0. The highest BCUT2D eigenvalue weighted by Crippen LogP contribution is 2.25. The monoisotopic (exact) mass is 430 g/mol. The number of sulfonamides is 1. The average Bonchev–Trinajstić information content (AvgIpc) is 2.85. The van der Waals surface area contributed by atoms with E-state index in [1.807, 2.05) is 0 Å². The van der Waals surface area contributed by atoms with Gasteiger partial charge in [0, 0.05) is 39.0 Å². The number of nitrogens with zero attached hydrogens (tertiary/aromatic N) is 1. The second kappa shape index (κ2) is 6.31. The summed E-state index contributed by atoms with van der Waals surface area (Å²) >= 11 is 4.05. The minimum absolute atomic E-state index is 0.0126. The van der Waals surface area contributed by atoms with Gasteiger partial charge in [0.05, 0.1) is 0 Å². The van der Waals surface area contributed by atoms with E-state index in [2.05, 4.69) is 25.6 Å². The SMILES string of the molecule is O=S(=O)(Cl)c1ccc(CNS(=O)(=O)c2cncc(Br)c2)s1. The van der Waals surface area contributed by atoms with Gasteiger partial charge in [-0.1, -0.05) is 0 Å². The topological polar surface area (TPSA) is 93.2 Å². The van der Waals surface area contributed by atoms with Crippen molar-refractivity contribution in [2.24, 2.45) is 0 Å². The number of thiophene rings is 1. The zero-order chi connectivity index (χ0) is 15.7. The molecule has 0 aliphatic rings. The van der Waals surface area contributed by atoms with Crippen molar-refractivity contribution in [1.82, 2.24) is 9.71 Å². The van der Waals surface area contributed by atoms with Crippen LogP contribution in [-0.4, -0.2) is 21.8 Å². The Morgan fingerprint density at radius 3 is 2.52 bits per heavy atom. The molecule has 6 nitrogen and oxygen atoms in total. The van der Waals surface area contributed by atoms with Gasteiger partial charge in [-0.2, -0.15) is 0 Å². The molecule has 114 valence electrons. The van der Waals surface area contributed by atoms with E-state index in [0.29, 0.717) is 9.35 Å². The van der Waals surface area contributed by atoms with Gasteiger partial charge in [0.2, 0.25) is 10.0 Å². The Hall–Kier alpha value is -0.520. The third-order valence-corrected chi connectivity index (χ3v) is 7.28. The molecule has 0 spiro atoms. The van der Waals surface area contributed by atoms with E-state index in [-0.39, 0.29) is 15.6 Å². The van der Waals surface area contributed by atoms with E-state index in [0.717, 1.165) is 11.3 Å². The zero-order valence-electron chi connectivity index (χ0n) is 10.2. The highest BCUT2D eigenvalue weighted by Gasteiger charge is 2.17. The van der Waals surface area contributed by atoms with Crippen molar-refractivity contribution >= 4 is 57.0 Å². The molecule has 11 heteroatoms. The largest absolute Gasteiger partial charge is 0.270 e. The van der Waals surface area contributed by atoms with Gasteiger partial charge in [-0.15, -0.1) is 11.3 Å². The fraction of sp³-hybridized carbons (Fsp3) is 0.100. The van der Waals surface area contributed by atoms with Crippen LogP contribution in [0.5, 0.6) is 0 Å². The lowest BCUT2D eigenvalue weighted by Gasteiger charge is -2.05. The Balaban J connectivity index is 2.14. The van der Waals surface area contributed by atoms with Gasteiger partial charge in [-0.05, 0) is 34.1 Å². The molecular weight excluding hydrogens is 424 g/mol. The molecule has 0 saturated carbocycles. The van der Waals surface area contributed by atoms with Crippen molar-refractivity contribution < 1.29 is 16.8 Å². The van der Waals surface area contributed by atoms with Crippen molar-refractivity contribution in [3.63, 3.8) is 0 Å². The Morgan fingerprint density at radius 2 is 1.95 bits per heavy atom. The van der Waals surface area contributed by atoms with Gasteiger partial charge in [-0.3, -0.25) is 4.98 Å². The van der Waals surface area contributed by atoms with Gasteiger partial charge in [0.1, 0.15) is 9.10 Å². The summed E-state index contributed by atoms with van der Waals surface area (Å²) < 4.78 is 49.2. The molecule has 0 radical (unpaired) electrons. The molecule has 2 aromatic heterocycles. The molecule has 21 heavy (non-hydrogen) atoms. The summed E-state index contributed by atoms with van der Waals surface area (Å²) in [5.41, 5.74) is 0. The molecule has 0 fully saturated rings. The first kappa shape index (κ1) is 16.8. The first-order valence-corrected chi connectivity index (χ1v) is 10.7. The molecule has 2 aromatic rings. The molecule has 1 N–H and O–H groups in total. The molecule has 0 bridgehead atoms. The number of halogens is 2. The van der Waals surface area contributed by atoms with Crippen molar-refractivity contribution in [2.45, 2.75) is 15.6 Å². The van der Waals surface area contributed by atoms with E-state index in [1.165, 1.54) is 30.6 Å². The molecule has 0 atom stereocenters. The predicted octanol–water partition coefficient (Wildman–Crippen LogP) is 2.31. The van der Waals surface area contributed by atoms with E-state index in [1.54, 1.807) is 0 Å². The van der Waals surface area contributed by atoms with Gasteiger partial charge < -0.3 is 0 Å². The average molecular weight is 432 g/mol. The molecule has 2 rings (SSSR count). The van der Waals surface area contributed by atoms with Crippen LogP contribution >= 0.6 is 37.9 Å². The number of hydrogen-bond donors (Lipinski definition) is 1. The fourth-order valence-corrected chi connectivity index (χ4v) is 5.04. The van der Waals surface area contributed by atoms with Gasteiger partial charge in [0.15, 0.2) is 0 Å². The van der Waals surface area contributed by atoms with Gasteiger partial charge >= 0.3 is 0 Å². The summed E-state index contributed by atoms with van der Waals surface area (Å²) in [6.45, 7) is -0.0358. The Labute approximate surface area is 138 Å². The Kier molecular flexibility index (Phi) is 5.06. The lowest BCUT2D eigenvalue weighted by atomic mass is 10.5. The standard InChI is InChI=1S/C10H8BrClN2O4S3/c11-7-3-9(6-13-4-7)21(17,18)14-5-8-1-2-10(19-8)20(12,15)16/h1-4,6,14H,5H2. The lowest BCUT2D eigenvalue weighted by Crippen LogP contribution is -2.22. The van der Waals surface area contributed by atoms with Gasteiger partial charge in [-0.25, -0.2) is 21.6 Å². The van der Waals surface area contributed by atoms with Crippen LogP contribution in [0.25, 0.3) is 0 Å². The van der Waals surface area contributed by atoms with Crippen molar-refractivity contribution in [1.29, 1.82) is 0 Å². The maximum Gasteiger partial charge on any atom is 0.270 e. The summed E-state index contributed by atoms with van der Waals surface area (Å²) in [6, 6.07) is 4.25. The third kappa shape index (κ3) is 4.47. The number of hydrogen-bond acceptors (Lipinski definition) is 6. The first-order chi connectivity index (χ1) is 9.68. The summed E-state index contributed by atoms with van der Waals surface area (Å²) in [5, 5.41) is 0. The van der Waals surface area contributed by atoms with Crippen LogP contribution in [0.3, 0.4) is 0 Å². The molecule has 0 unspecified atom stereocenters. The van der Waals surface area contributed by atoms with Crippen molar-refractivity contribution in [3.8, 4) is 0 Å². The number of aromatic nitrogens is 1. The molecular formula is C10H8BrClN2O4S3. The Bertz CT molecular complexity index is 864. The summed E-state index contributed by atoms with van der Waals surface area (Å²) in [7, 11) is -2.32. The van der Waals surface area contributed by atoms with E-state index >= 15 is 0 Å².